The maximum atomic E-state index is 11.9. The minimum atomic E-state index is -0.149. The number of nitriles is 1. The zero-order chi connectivity index (χ0) is 14.4. The van der Waals surface area contributed by atoms with E-state index in [0.717, 1.165) is 11.1 Å². The molecule has 20 heavy (non-hydrogen) atoms. The lowest BCUT2D eigenvalue weighted by atomic mass is 10.1. The van der Waals surface area contributed by atoms with Crippen LogP contribution in [0.3, 0.4) is 0 Å². The summed E-state index contributed by atoms with van der Waals surface area (Å²) in [6.07, 6.45) is 0.561. The molecule has 2 aromatic carbocycles. The molecule has 4 nitrogen and oxygen atoms in total. The van der Waals surface area contributed by atoms with E-state index in [1.807, 2.05) is 12.1 Å². The molecule has 0 aliphatic carbocycles. The van der Waals surface area contributed by atoms with E-state index in [-0.39, 0.29) is 18.1 Å². The Bertz CT molecular complexity index is 642. The van der Waals surface area contributed by atoms with E-state index >= 15 is 0 Å². The van der Waals surface area contributed by atoms with Crippen molar-refractivity contribution in [2.24, 2.45) is 0 Å². The van der Waals surface area contributed by atoms with E-state index in [4.69, 9.17) is 5.26 Å². The molecule has 0 spiro atoms. The fraction of sp³-hybridized carbons (Fsp3) is 0.125. The second kappa shape index (κ2) is 6.39. The molecular weight excluding hydrogens is 252 g/mol. The maximum Gasteiger partial charge on any atom is 0.228 e. The average Bonchev–Trinajstić information content (AvgIpc) is 2.41. The van der Waals surface area contributed by atoms with Crippen LogP contribution in [0.1, 0.15) is 11.1 Å². The Labute approximate surface area is 117 Å². The molecule has 0 aliphatic heterocycles. The Morgan fingerprint density at radius 1 is 1.15 bits per heavy atom. The number of hydrogen-bond donors (Lipinski definition) is 2. The van der Waals surface area contributed by atoms with Crippen molar-refractivity contribution < 1.29 is 9.90 Å². The van der Waals surface area contributed by atoms with Crippen LogP contribution in [-0.4, -0.2) is 11.0 Å². The number of anilines is 1. The first kappa shape index (κ1) is 13.6. The van der Waals surface area contributed by atoms with Crippen molar-refractivity contribution in [1.82, 2.24) is 0 Å². The number of hydrogen-bond acceptors (Lipinski definition) is 3. The molecule has 2 N–H and O–H groups in total. The van der Waals surface area contributed by atoms with Crippen molar-refractivity contribution in [3.05, 3.63) is 59.7 Å². The van der Waals surface area contributed by atoms with Gasteiger partial charge in [0.1, 0.15) is 5.75 Å². The highest BCUT2D eigenvalue weighted by atomic mass is 16.3. The molecule has 0 aliphatic rings. The third-order valence-corrected chi connectivity index (χ3v) is 2.80. The van der Waals surface area contributed by atoms with Crippen LogP contribution in [0.2, 0.25) is 0 Å². The van der Waals surface area contributed by atoms with Crippen molar-refractivity contribution in [2.45, 2.75) is 12.8 Å². The van der Waals surface area contributed by atoms with Crippen molar-refractivity contribution in [3.63, 3.8) is 0 Å². The second-order valence-corrected chi connectivity index (χ2v) is 4.43. The van der Waals surface area contributed by atoms with Gasteiger partial charge in [0.2, 0.25) is 5.91 Å². The molecule has 4 heteroatoms. The molecule has 0 radical (unpaired) electrons. The van der Waals surface area contributed by atoms with Gasteiger partial charge in [0.15, 0.2) is 0 Å². The second-order valence-electron chi connectivity index (χ2n) is 4.43. The van der Waals surface area contributed by atoms with Crippen LogP contribution in [0.25, 0.3) is 0 Å². The Hall–Kier alpha value is -2.80. The summed E-state index contributed by atoms with van der Waals surface area (Å²) in [7, 11) is 0. The third-order valence-electron chi connectivity index (χ3n) is 2.80. The van der Waals surface area contributed by atoms with E-state index in [0.29, 0.717) is 12.1 Å². The zero-order valence-corrected chi connectivity index (χ0v) is 10.8. The summed E-state index contributed by atoms with van der Waals surface area (Å²) in [6, 6.07) is 15.9. The van der Waals surface area contributed by atoms with Gasteiger partial charge in [-0.2, -0.15) is 5.26 Å². The fourth-order valence-corrected chi connectivity index (χ4v) is 1.85. The normalized spacial score (nSPS) is 9.75. The lowest BCUT2D eigenvalue weighted by molar-refractivity contribution is -0.115. The number of aromatic hydroxyl groups is 1. The lowest BCUT2D eigenvalue weighted by Gasteiger charge is -2.06. The highest BCUT2D eigenvalue weighted by Crippen LogP contribution is 2.13. The number of carbonyl (C=O) groups is 1. The van der Waals surface area contributed by atoms with Crippen LogP contribution >= 0.6 is 0 Å². The summed E-state index contributed by atoms with van der Waals surface area (Å²) in [5.74, 6) is -0.000195. The van der Waals surface area contributed by atoms with Crippen LogP contribution in [-0.2, 0) is 17.6 Å². The molecule has 100 valence electrons. The molecule has 0 fully saturated rings. The van der Waals surface area contributed by atoms with Crippen molar-refractivity contribution in [1.29, 1.82) is 5.26 Å². The van der Waals surface area contributed by atoms with Gasteiger partial charge in [0, 0.05) is 5.69 Å². The first-order chi connectivity index (χ1) is 9.67. The summed E-state index contributed by atoms with van der Waals surface area (Å²) in [5, 5.41) is 20.7. The van der Waals surface area contributed by atoms with E-state index in [1.165, 1.54) is 0 Å². The summed E-state index contributed by atoms with van der Waals surface area (Å²) in [6.45, 7) is 0. The highest BCUT2D eigenvalue weighted by molar-refractivity contribution is 5.92. The Balaban J connectivity index is 1.96. The van der Waals surface area contributed by atoms with Gasteiger partial charge in [-0.3, -0.25) is 4.79 Å². The summed E-state index contributed by atoms with van der Waals surface area (Å²) >= 11 is 0. The number of phenolic OH excluding ortho intramolecular Hbond substituents is 1. The molecule has 2 rings (SSSR count). The maximum absolute atomic E-state index is 11.9. The monoisotopic (exact) mass is 266 g/mol. The Morgan fingerprint density at radius 3 is 2.55 bits per heavy atom. The lowest BCUT2D eigenvalue weighted by Crippen LogP contribution is -2.14. The predicted octanol–water partition coefficient (Wildman–Crippen LogP) is 2.64. The first-order valence-corrected chi connectivity index (χ1v) is 6.21. The van der Waals surface area contributed by atoms with Crippen LogP contribution in [0.15, 0.2) is 48.5 Å². The molecular formula is C16H14N2O2. The van der Waals surface area contributed by atoms with Crippen LogP contribution in [0.4, 0.5) is 5.69 Å². The SMILES string of the molecule is N#CCc1ccc(NC(=O)Cc2cccc(O)c2)cc1. The predicted molar refractivity (Wildman–Crippen MR) is 76.2 cm³/mol. The van der Waals surface area contributed by atoms with Crippen molar-refractivity contribution in [3.8, 4) is 11.8 Å². The number of rotatable bonds is 4. The van der Waals surface area contributed by atoms with Gasteiger partial charge < -0.3 is 10.4 Å². The van der Waals surface area contributed by atoms with E-state index in [1.54, 1.807) is 36.4 Å². The smallest absolute Gasteiger partial charge is 0.228 e. The van der Waals surface area contributed by atoms with Crippen LogP contribution in [0.5, 0.6) is 5.75 Å². The average molecular weight is 266 g/mol. The molecule has 0 heterocycles. The molecule has 0 aromatic heterocycles. The molecule has 1 amide bonds. The third kappa shape index (κ3) is 3.85. The minimum absolute atomic E-state index is 0.149. The zero-order valence-electron chi connectivity index (χ0n) is 10.8. The van der Waals surface area contributed by atoms with Gasteiger partial charge in [-0.1, -0.05) is 24.3 Å². The van der Waals surface area contributed by atoms with E-state index in [2.05, 4.69) is 11.4 Å². The molecule has 0 atom stereocenters. The summed E-state index contributed by atoms with van der Waals surface area (Å²) in [4.78, 5) is 11.9. The molecule has 0 unspecified atom stereocenters. The Morgan fingerprint density at radius 2 is 1.90 bits per heavy atom. The quantitative estimate of drug-likeness (QED) is 0.893. The Kier molecular flexibility index (Phi) is 4.35. The van der Waals surface area contributed by atoms with Crippen LogP contribution in [0, 0.1) is 11.3 Å². The standard InChI is InChI=1S/C16H14N2O2/c17-9-8-12-4-6-14(7-5-12)18-16(20)11-13-2-1-3-15(19)10-13/h1-7,10,19H,8,11H2,(H,18,20). The number of benzene rings is 2. The van der Waals surface area contributed by atoms with Crippen molar-refractivity contribution in [2.75, 3.05) is 5.32 Å². The highest BCUT2D eigenvalue weighted by Gasteiger charge is 2.04. The van der Waals surface area contributed by atoms with Crippen LogP contribution < -0.4 is 5.32 Å². The number of carbonyl (C=O) groups excluding carboxylic acids is 1. The van der Waals surface area contributed by atoms with Crippen molar-refractivity contribution >= 4 is 11.6 Å². The minimum Gasteiger partial charge on any atom is -0.508 e. The topological polar surface area (TPSA) is 73.1 Å². The largest absolute Gasteiger partial charge is 0.508 e. The van der Waals surface area contributed by atoms with Gasteiger partial charge in [0.05, 0.1) is 18.9 Å². The van der Waals surface area contributed by atoms with Gasteiger partial charge in [0.25, 0.3) is 0 Å². The van der Waals surface area contributed by atoms with Gasteiger partial charge in [-0.15, -0.1) is 0 Å². The van der Waals surface area contributed by atoms with Gasteiger partial charge in [-0.05, 0) is 35.4 Å². The number of amides is 1. The number of nitrogens with zero attached hydrogens (tertiary/aromatic N) is 1. The first-order valence-electron chi connectivity index (χ1n) is 6.21. The van der Waals surface area contributed by atoms with E-state index in [9.17, 15) is 9.90 Å². The molecule has 0 saturated heterocycles. The molecule has 0 saturated carbocycles. The van der Waals surface area contributed by atoms with Gasteiger partial charge in [-0.25, -0.2) is 0 Å². The molecule has 2 aromatic rings. The summed E-state index contributed by atoms with van der Waals surface area (Å²) < 4.78 is 0. The number of nitrogens with one attached hydrogen (secondary N) is 1. The fourth-order valence-electron chi connectivity index (χ4n) is 1.85. The summed E-state index contributed by atoms with van der Waals surface area (Å²) in [5.41, 5.74) is 2.36. The number of phenols is 1. The van der Waals surface area contributed by atoms with Gasteiger partial charge >= 0.3 is 0 Å². The van der Waals surface area contributed by atoms with E-state index < -0.39 is 0 Å². The molecule has 0 bridgehead atoms.